The average Bonchev–Trinajstić information content (AvgIpc) is 3.66. The van der Waals surface area contributed by atoms with Crippen LogP contribution in [0.5, 0.6) is 0 Å². The first kappa shape index (κ1) is 35.1. The topological polar surface area (TPSA) is 107 Å². The molecule has 0 saturated carbocycles. The van der Waals surface area contributed by atoms with Crippen molar-refractivity contribution in [2.45, 2.75) is 47.1 Å². The van der Waals surface area contributed by atoms with Crippen LogP contribution in [0, 0.1) is 5.82 Å². The summed E-state index contributed by atoms with van der Waals surface area (Å²) in [6, 6.07) is 8.77. The van der Waals surface area contributed by atoms with E-state index in [0.29, 0.717) is 34.8 Å². The molecule has 0 bridgehead atoms. The fourth-order valence-electron chi connectivity index (χ4n) is 4.77. The molecule has 4 aromatic heterocycles. The number of pyridine rings is 2. The molecule has 0 amide bonds. The van der Waals surface area contributed by atoms with Gasteiger partial charge in [0.2, 0.25) is 0 Å². The zero-order chi connectivity index (χ0) is 33.6. The summed E-state index contributed by atoms with van der Waals surface area (Å²) in [5.74, 6) is 0.241. The molecule has 46 heavy (non-hydrogen) atoms. The minimum absolute atomic E-state index is 0.323. The van der Waals surface area contributed by atoms with Crippen LogP contribution >= 0.6 is 0 Å². The predicted octanol–water partition coefficient (Wildman–Crippen LogP) is 7.27. The second kappa shape index (κ2) is 17.2. The summed E-state index contributed by atoms with van der Waals surface area (Å²) in [5.41, 5.74) is 9.80. The Kier molecular flexibility index (Phi) is 13.1. The number of hydrogen-bond donors (Lipinski definition) is 4. The second-order valence-electron chi connectivity index (χ2n) is 10.1. The fraction of sp³-hybridized carbons (Fsp3) is 0.216. The van der Waals surface area contributed by atoms with Crippen LogP contribution in [0.25, 0.3) is 51.5 Å². The van der Waals surface area contributed by atoms with Gasteiger partial charge in [-0.1, -0.05) is 59.6 Å². The molecular formula is C37H43FN8. The first-order chi connectivity index (χ1) is 22.3. The number of fused-ring (bicyclic) bond motifs is 1. The molecule has 4 heterocycles. The summed E-state index contributed by atoms with van der Waals surface area (Å²) in [6.07, 6.45) is 11.1. The third kappa shape index (κ3) is 8.63. The van der Waals surface area contributed by atoms with Gasteiger partial charge in [-0.15, -0.1) is 5.73 Å². The van der Waals surface area contributed by atoms with E-state index in [9.17, 15) is 4.39 Å². The van der Waals surface area contributed by atoms with Crippen molar-refractivity contribution in [3.63, 3.8) is 0 Å². The molecule has 9 heteroatoms. The molecular weight excluding hydrogens is 575 g/mol. The lowest BCUT2D eigenvalue weighted by Gasteiger charge is -2.09. The van der Waals surface area contributed by atoms with Gasteiger partial charge in [0.05, 0.1) is 28.4 Å². The largest absolute Gasteiger partial charge is 0.358 e. The number of allylic oxidation sites excluding steroid dienone is 2. The van der Waals surface area contributed by atoms with Crippen molar-refractivity contribution in [2.75, 3.05) is 12.4 Å². The Morgan fingerprint density at radius 3 is 2.54 bits per heavy atom. The summed E-state index contributed by atoms with van der Waals surface area (Å²) < 4.78 is 14.5. The number of benzene rings is 1. The standard InChI is InChI=1S/C32H33FN8.C3H4.C2H6/c1-6-8-20(4)37-25-15-23(17-35-18-25)19(3)11-26-27(7-2)40-41-30(26)32-38-28-9-10-36-29(31(28)39-32)22-12-21(16-34-5)13-24(33)14-22;1-3-2;1-2/h7,9-15,17-18,34,37,40H,3-4,6,8,16H2,1-2,5H3,(H,38,39);1-2H2;1-2H3/b26-11+,27-7+;;. The second-order valence-corrected chi connectivity index (χ2v) is 10.1. The van der Waals surface area contributed by atoms with Gasteiger partial charge in [-0.2, -0.15) is 5.10 Å². The fourth-order valence-corrected chi connectivity index (χ4v) is 4.77. The number of nitrogens with zero attached hydrogens (tertiary/aromatic N) is 4. The maximum Gasteiger partial charge on any atom is 0.159 e. The molecule has 238 valence electrons. The Bertz CT molecular complexity index is 1960. The van der Waals surface area contributed by atoms with E-state index >= 15 is 0 Å². The van der Waals surface area contributed by atoms with Gasteiger partial charge in [0, 0.05) is 41.0 Å². The number of rotatable bonds is 10. The molecule has 4 N–H and O–H groups in total. The van der Waals surface area contributed by atoms with Crippen LogP contribution in [0.15, 0.2) is 86.7 Å². The Morgan fingerprint density at radius 2 is 1.85 bits per heavy atom. The molecule has 8 nitrogen and oxygen atoms in total. The van der Waals surface area contributed by atoms with Crippen molar-refractivity contribution in [1.29, 1.82) is 0 Å². The third-order valence-electron chi connectivity index (χ3n) is 6.66. The number of hydrogen-bond acceptors (Lipinski definition) is 6. The summed E-state index contributed by atoms with van der Waals surface area (Å²) >= 11 is 0. The lowest BCUT2D eigenvalue weighted by molar-refractivity contribution is 0.624. The van der Waals surface area contributed by atoms with E-state index in [-0.39, 0.29) is 5.82 Å². The number of halogens is 1. The third-order valence-corrected chi connectivity index (χ3v) is 6.66. The Labute approximate surface area is 270 Å². The van der Waals surface area contributed by atoms with Crippen molar-refractivity contribution in [3.8, 4) is 22.8 Å². The van der Waals surface area contributed by atoms with E-state index < -0.39 is 0 Å². The van der Waals surface area contributed by atoms with Gasteiger partial charge in [-0.05, 0) is 67.9 Å². The molecule has 1 aromatic carbocycles. The van der Waals surface area contributed by atoms with E-state index in [1.54, 1.807) is 18.6 Å². The predicted molar refractivity (Wildman–Crippen MR) is 191 cm³/mol. The highest BCUT2D eigenvalue weighted by Crippen LogP contribution is 2.28. The van der Waals surface area contributed by atoms with Crippen LogP contribution in [0.2, 0.25) is 0 Å². The van der Waals surface area contributed by atoms with Crippen molar-refractivity contribution in [3.05, 3.63) is 114 Å². The quantitative estimate of drug-likeness (QED) is 0.123. The van der Waals surface area contributed by atoms with Crippen LogP contribution in [-0.4, -0.2) is 37.2 Å². The number of anilines is 1. The molecule has 0 radical (unpaired) electrons. The zero-order valence-electron chi connectivity index (χ0n) is 27.4. The van der Waals surface area contributed by atoms with Gasteiger partial charge in [0.15, 0.2) is 5.82 Å². The molecule has 0 fully saturated rings. The smallest absolute Gasteiger partial charge is 0.159 e. The van der Waals surface area contributed by atoms with Gasteiger partial charge < -0.3 is 15.6 Å². The lowest BCUT2D eigenvalue weighted by Crippen LogP contribution is -2.23. The Hall–Kier alpha value is -5.37. The SMILES string of the molecule is C=C(CCC)Nc1cncc(C(=C)/C=c2/c(-c3nc4c(-c5cc(F)cc(CNC)c5)nccc4[nH]3)n[nH]/c2=C/C)c1.C=C=C.CC. The van der Waals surface area contributed by atoms with E-state index in [4.69, 9.17) is 4.98 Å². The molecule has 0 spiro atoms. The van der Waals surface area contributed by atoms with Gasteiger partial charge in [0.25, 0.3) is 0 Å². The van der Waals surface area contributed by atoms with Gasteiger partial charge in [-0.25, -0.2) is 9.37 Å². The van der Waals surface area contributed by atoms with E-state index in [2.05, 4.69) is 74.8 Å². The van der Waals surface area contributed by atoms with Crippen molar-refractivity contribution >= 4 is 34.4 Å². The minimum atomic E-state index is -0.323. The highest BCUT2D eigenvalue weighted by molar-refractivity contribution is 5.92. The lowest BCUT2D eigenvalue weighted by atomic mass is 10.1. The van der Waals surface area contributed by atoms with Crippen LogP contribution in [0.1, 0.15) is 51.7 Å². The average molecular weight is 619 g/mol. The maximum absolute atomic E-state index is 14.5. The maximum atomic E-state index is 14.5. The number of aromatic nitrogens is 6. The Morgan fingerprint density at radius 1 is 1.09 bits per heavy atom. The van der Waals surface area contributed by atoms with Gasteiger partial charge in [-0.3, -0.25) is 15.1 Å². The van der Waals surface area contributed by atoms with Crippen LogP contribution in [0.4, 0.5) is 10.1 Å². The highest BCUT2D eigenvalue weighted by atomic mass is 19.1. The van der Waals surface area contributed by atoms with E-state index in [1.165, 1.54) is 12.1 Å². The molecule has 0 atom stereocenters. The van der Waals surface area contributed by atoms with E-state index in [0.717, 1.165) is 57.0 Å². The summed E-state index contributed by atoms with van der Waals surface area (Å²) in [7, 11) is 1.83. The number of H-pyrrole nitrogens is 2. The van der Waals surface area contributed by atoms with E-state index in [1.807, 2.05) is 58.2 Å². The summed E-state index contributed by atoms with van der Waals surface area (Å²) in [5, 5.41) is 15.7. The molecule has 0 unspecified atom stereocenters. The normalized spacial score (nSPS) is 11.3. The van der Waals surface area contributed by atoms with Crippen molar-refractivity contribution < 1.29 is 4.39 Å². The molecule has 0 aliphatic carbocycles. The van der Waals surface area contributed by atoms with Crippen LogP contribution in [0.3, 0.4) is 0 Å². The minimum Gasteiger partial charge on any atom is -0.358 e. The monoisotopic (exact) mass is 618 g/mol. The van der Waals surface area contributed by atoms with Gasteiger partial charge in [0.1, 0.15) is 17.0 Å². The first-order valence-electron chi connectivity index (χ1n) is 15.2. The summed E-state index contributed by atoms with van der Waals surface area (Å²) in [4.78, 5) is 17.2. The molecule has 5 rings (SSSR count). The number of imidazole rings is 1. The Balaban J connectivity index is 0.00000109. The van der Waals surface area contributed by atoms with Crippen molar-refractivity contribution in [2.24, 2.45) is 0 Å². The molecule has 0 aliphatic rings. The van der Waals surface area contributed by atoms with Crippen LogP contribution in [-0.2, 0) is 6.54 Å². The zero-order valence-corrected chi connectivity index (χ0v) is 27.4. The highest BCUT2D eigenvalue weighted by Gasteiger charge is 2.16. The number of nitrogens with one attached hydrogen (secondary N) is 4. The van der Waals surface area contributed by atoms with Gasteiger partial charge >= 0.3 is 0 Å². The first-order valence-corrected chi connectivity index (χ1v) is 15.2. The summed E-state index contributed by atoms with van der Waals surface area (Å²) in [6.45, 7) is 23.2. The van der Waals surface area contributed by atoms with Crippen LogP contribution < -0.4 is 21.2 Å². The molecule has 0 aliphatic heterocycles. The van der Waals surface area contributed by atoms with Crippen molar-refractivity contribution in [1.82, 2.24) is 35.5 Å². The molecule has 0 saturated heterocycles. The number of aromatic amines is 2. The molecule has 5 aromatic rings.